The lowest BCUT2D eigenvalue weighted by Crippen LogP contribution is -1.89. The van der Waals surface area contributed by atoms with Crippen LogP contribution in [0.1, 0.15) is 12.5 Å². The van der Waals surface area contributed by atoms with Crippen molar-refractivity contribution in [2.75, 3.05) is 0 Å². The molecule has 0 saturated carbocycles. The number of benzene rings is 11. The Morgan fingerprint density at radius 3 is 1.55 bits per heavy atom. The number of aryl methyl sites for hydroxylation is 1. The van der Waals surface area contributed by atoms with Gasteiger partial charge < -0.3 is 9.52 Å². The third-order valence-electron chi connectivity index (χ3n) is 12.7. The summed E-state index contributed by atoms with van der Waals surface area (Å²) in [6.45, 7) is 2.14. The smallest absolute Gasteiger partial charge is 0.136 e. The van der Waals surface area contributed by atoms with Crippen molar-refractivity contribution in [3.05, 3.63) is 200 Å². The van der Waals surface area contributed by atoms with Crippen LogP contribution < -0.4 is 0 Å². The van der Waals surface area contributed by atoms with Crippen molar-refractivity contribution in [3.8, 4) is 50.3 Å². The molecule has 0 amide bonds. The van der Waals surface area contributed by atoms with Crippen molar-refractivity contribution >= 4 is 75.8 Å². The molecule has 0 bridgehead atoms. The Balaban J connectivity index is 1.09. The maximum Gasteiger partial charge on any atom is 0.136 e. The minimum Gasteiger partial charge on any atom is -0.507 e. The lowest BCUT2D eigenvalue weighted by molar-refractivity contribution is 0.478. The van der Waals surface area contributed by atoms with E-state index in [1.807, 2.05) is 24.3 Å². The molecule has 0 saturated heterocycles. The largest absolute Gasteiger partial charge is 0.507 e. The number of rotatable bonds is 5. The van der Waals surface area contributed by atoms with Crippen molar-refractivity contribution in [2.45, 2.75) is 13.3 Å². The normalized spacial score (nSPS) is 11.9. The molecule has 282 valence electrons. The lowest BCUT2D eigenvalue weighted by atomic mass is 9.88. The zero-order valence-corrected chi connectivity index (χ0v) is 33.0. The van der Waals surface area contributed by atoms with Crippen LogP contribution in [0, 0.1) is 0 Å². The third-order valence-corrected chi connectivity index (χ3v) is 12.7. The summed E-state index contributed by atoms with van der Waals surface area (Å²) in [5.41, 5.74) is 11.4. The van der Waals surface area contributed by atoms with Gasteiger partial charge in [-0.2, -0.15) is 0 Å². The molecule has 1 heterocycles. The number of fused-ring (bicyclic) bond motifs is 12. The van der Waals surface area contributed by atoms with E-state index in [9.17, 15) is 5.11 Å². The molecule has 0 aliphatic rings. The van der Waals surface area contributed by atoms with Crippen LogP contribution in [0.15, 0.2) is 199 Å². The van der Waals surface area contributed by atoms with Crippen molar-refractivity contribution < 1.29 is 9.52 Å². The van der Waals surface area contributed by atoms with Gasteiger partial charge in [0.1, 0.15) is 16.9 Å². The summed E-state index contributed by atoms with van der Waals surface area (Å²) in [5, 5.41) is 25.9. The summed E-state index contributed by atoms with van der Waals surface area (Å²) >= 11 is 0. The van der Waals surface area contributed by atoms with Gasteiger partial charge in [0.25, 0.3) is 0 Å². The minimum absolute atomic E-state index is 0.251. The van der Waals surface area contributed by atoms with Gasteiger partial charge in [-0.1, -0.05) is 146 Å². The van der Waals surface area contributed by atoms with Crippen LogP contribution >= 0.6 is 0 Å². The molecule has 60 heavy (non-hydrogen) atoms. The van der Waals surface area contributed by atoms with E-state index in [4.69, 9.17) is 4.42 Å². The van der Waals surface area contributed by atoms with Gasteiger partial charge in [0.2, 0.25) is 0 Å². The Bertz CT molecular complexity index is 3680. The number of hydrogen-bond acceptors (Lipinski definition) is 2. The van der Waals surface area contributed by atoms with Crippen LogP contribution in [0.5, 0.6) is 5.75 Å². The van der Waals surface area contributed by atoms with E-state index >= 15 is 0 Å². The molecule has 0 unspecified atom stereocenters. The summed E-state index contributed by atoms with van der Waals surface area (Å²) in [6, 6.07) is 70.0. The first-order valence-electron chi connectivity index (χ1n) is 20.8. The van der Waals surface area contributed by atoms with E-state index in [1.165, 1.54) is 65.0 Å². The highest BCUT2D eigenvalue weighted by Crippen LogP contribution is 2.44. The molecular formula is C58H38O2. The predicted octanol–water partition coefficient (Wildman–Crippen LogP) is 16.3. The quantitative estimate of drug-likeness (QED) is 0.177. The predicted molar refractivity (Wildman–Crippen MR) is 254 cm³/mol. The average molecular weight is 767 g/mol. The second kappa shape index (κ2) is 13.4. The fourth-order valence-corrected chi connectivity index (χ4v) is 9.79. The van der Waals surface area contributed by atoms with E-state index in [-0.39, 0.29) is 5.75 Å². The maximum absolute atomic E-state index is 11.5. The Hall–Kier alpha value is -7.68. The first-order chi connectivity index (χ1) is 29.6. The number of phenols is 1. The lowest BCUT2D eigenvalue weighted by Gasteiger charge is -2.16. The molecule has 11 aromatic carbocycles. The number of hydrogen-bond donors (Lipinski definition) is 1. The molecule has 1 N–H and O–H groups in total. The van der Waals surface area contributed by atoms with Crippen molar-refractivity contribution in [2.24, 2.45) is 0 Å². The summed E-state index contributed by atoms with van der Waals surface area (Å²) in [7, 11) is 0. The van der Waals surface area contributed by atoms with E-state index in [2.05, 4.69) is 177 Å². The van der Waals surface area contributed by atoms with E-state index in [0.717, 1.165) is 67.3 Å². The van der Waals surface area contributed by atoms with Crippen LogP contribution in [0.3, 0.4) is 0 Å². The molecule has 12 rings (SSSR count). The molecule has 0 spiro atoms. The van der Waals surface area contributed by atoms with Gasteiger partial charge in [-0.05, 0) is 159 Å². The standard InChI is InChI=1S/C58H38O2/c1-2-35-13-3-5-15-42(35)53-34-58-55(33-56(53)59)54-31-37(24-26-57(54)60-58)40-27-39(28-41(29-40)51-32-38-14-4-6-16-43(38)44-17-7-11-21-48(44)51)36-23-25-50-47-20-9-8-18-45(47)46-19-10-12-22-49(46)52(50)30-36/h3-34,59H,2H2,1H3. The molecule has 0 fully saturated rings. The van der Waals surface area contributed by atoms with Gasteiger partial charge in [0.15, 0.2) is 0 Å². The molecule has 2 heteroatoms. The average Bonchev–Trinajstić information content (AvgIpc) is 3.67. The molecule has 2 nitrogen and oxygen atoms in total. The summed E-state index contributed by atoms with van der Waals surface area (Å²) in [5.74, 6) is 0.251. The van der Waals surface area contributed by atoms with Gasteiger partial charge in [-0.25, -0.2) is 0 Å². The van der Waals surface area contributed by atoms with Crippen LogP contribution in [-0.2, 0) is 6.42 Å². The molecule has 12 aromatic rings. The highest BCUT2D eigenvalue weighted by atomic mass is 16.3. The van der Waals surface area contributed by atoms with Crippen LogP contribution in [0.2, 0.25) is 0 Å². The zero-order chi connectivity index (χ0) is 39.9. The molecular weight excluding hydrogens is 729 g/mol. The second-order valence-electron chi connectivity index (χ2n) is 16.0. The van der Waals surface area contributed by atoms with Crippen LogP contribution in [0.4, 0.5) is 0 Å². The van der Waals surface area contributed by atoms with Gasteiger partial charge in [-0.3, -0.25) is 0 Å². The molecule has 1 aromatic heterocycles. The van der Waals surface area contributed by atoms with Crippen LogP contribution in [0.25, 0.3) is 120 Å². The highest BCUT2D eigenvalue weighted by molar-refractivity contribution is 6.26. The number of furan rings is 1. The summed E-state index contributed by atoms with van der Waals surface area (Å²) in [4.78, 5) is 0. The van der Waals surface area contributed by atoms with Crippen molar-refractivity contribution in [3.63, 3.8) is 0 Å². The van der Waals surface area contributed by atoms with Gasteiger partial charge in [-0.15, -0.1) is 0 Å². The summed E-state index contributed by atoms with van der Waals surface area (Å²) < 4.78 is 6.50. The highest BCUT2D eigenvalue weighted by Gasteiger charge is 2.18. The van der Waals surface area contributed by atoms with Crippen molar-refractivity contribution in [1.82, 2.24) is 0 Å². The Morgan fingerprint density at radius 2 is 0.850 bits per heavy atom. The Kier molecular flexibility index (Phi) is 7.70. The third kappa shape index (κ3) is 5.35. The second-order valence-corrected chi connectivity index (χ2v) is 16.0. The first kappa shape index (κ1) is 34.4. The van der Waals surface area contributed by atoms with Gasteiger partial charge in [0.05, 0.1) is 0 Å². The molecule has 0 aliphatic heterocycles. The minimum atomic E-state index is 0.251. The zero-order valence-electron chi connectivity index (χ0n) is 33.0. The molecule has 0 atom stereocenters. The van der Waals surface area contributed by atoms with E-state index in [0.29, 0.717) is 0 Å². The van der Waals surface area contributed by atoms with Gasteiger partial charge >= 0.3 is 0 Å². The SMILES string of the molecule is CCc1ccccc1-c1cc2oc3ccc(-c4cc(-c5ccc6c7ccccc7c7ccccc7c6c5)cc(-c5cc6ccccc6c6ccccc56)c4)cc3c2cc1O. The molecule has 0 radical (unpaired) electrons. The maximum atomic E-state index is 11.5. The Morgan fingerprint density at radius 1 is 0.333 bits per heavy atom. The summed E-state index contributed by atoms with van der Waals surface area (Å²) in [6.07, 6.45) is 0.875. The topological polar surface area (TPSA) is 33.4 Å². The van der Waals surface area contributed by atoms with E-state index in [1.54, 1.807) is 0 Å². The number of aromatic hydroxyl groups is 1. The fourth-order valence-electron chi connectivity index (χ4n) is 9.79. The van der Waals surface area contributed by atoms with Crippen LogP contribution in [-0.4, -0.2) is 5.11 Å². The first-order valence-corrected chi connectivity index (χ1v) is 20.8. The number of phenolic OH excluding ortho intramolecular Hbond substituents is 1. The monoisotopic (exact) mass is 766 g/mol. The Labute approximate surface area is 347 Å². The molecule has 0 aliphatic carbocycles. The van der Waals surface area contributed by atoms with Gasteiger partial charge in [0, 0.05) is 16.3 Å². The van der Waals surface area contributed by atoms with Crippen molar-refractivity contribution in [1.29, 1.82) is 0 Å². The van der Waals surface area contributed by atoms with E-state index < -0.39 is 0 Å². The fraction of sp³-hybridized carbons (Fsp3) is 0.0345.